The lowest BCUT2D eigenvalue weighted by Gasteiger charge is -2.18. The molecule has 9 nitrogen and oxygen atoms in total. The number of nitrogens with zero attached hydrogens (tertiary/aromatic N) is 2. The Bertz CT molecular complexity index is 2000. The fourth-order valence-corrected chi connectivity index (χ4v) is 5.39. The molecule has 0 spiro atoms. The average Bonchev–Trinajstić information content (AvgIpc) is 2.97. The quantitative estimate of drug-likeness (QED) is 0.218. The van der Waals surface area contributed by atoms with E-state index >= 15 is 0 Å². The van der Waals surface area contributed by atoms with Gasteiger partial charge in [-0.25, -0.2) is 13.8 Å². The van der Waals surface area contributed by atoms with Gasteiger partial charge in [0.25, 0.3) is 5.91 Å². The Kier molecular flexibility index (Phi) is 8.55. The molecule has 2 aromatic heterocycles. The minimum atomic E-state index is -4.57. The van der Waals surface area contributed by atoms with Crippen LogP contribution in [0.25, 0.3) is 11.0 Å². The summed E-state index contributed by atoms with van der Waals surface area (Å²) in [5, 5.41) is 2.35. The summed E-state index contributed by atoms with van der Waals surface area (Å²) in [6.45, 7) is 1.22. The summed E-state index contributed by atoms with van der Waals surface area (Å²) in [5.41, 5.74) is -0.527. The Morgan fingerprint density at radius 2 is 1.74 bits per heavy atom. The number of aromatic nitrogens is 2. The van der Waals surface area contributed by atoms with E-state index in [0.717, 1.165) is 22.4 Å². The summed E-state index contributed by atoms with van der Waals surface area (Å²) in [4.78, 5) is 37.2. The topological polar surface area (TPSA) is 117 Å². The third kappa shape index (κ3) is 6.57. The van der Waals surface area contributed by atoms with Gasteiger partial charge in [0.2, 0.25) is 0 Å². The Balaban J connectivity index is 1.65. The highest BCUT2D eigenvalue weighted by atomic mass is 79.9. The molecule has 13 heteroatoms. The number of hydrogen-bond acceptors (Lipinski definition) is 7. The molecule has 0 saturated carbocycles. The van der Waals surface area contributed by atoms with E-state index in [4.69, 9.17) is 9.02 Å². The molecule has 0 unspecified atom stereocenters. The maximum Gasteiger partial charge on any atom is 0.339 e. The monoisotopic (exact) mass is 669 g/mol. The van der Waals surface area contributed by atoms with Crippen molar-refractivity contribution in [1.29, 1.82) is 0 Å². The van der Waals surface area contributed by atoms with Gasteiger partial charge in [0.05, 0.1) is 5.39 Å². The third-order valence-electron chi connectivity index (χ3n) is 6.28. The van der Waals surface area contributed by atoms with Crippen LogP contribution in [-0.4, -0.2) is 24.0 Å². The molecule has 0 fully saturated rings. The van der Waals surface area contributed by atoms with E-state index in [1.54, 1.807) is 49.4 Å². The van der Waals surface area contributed by atoms with Crippen molar-refractivity contribution in [2.24, 2.45) is 0 Å². The second-order valence-electron chi connectivity index (χ2n) is 9.36. The van der Waals surface area contributed by atoms with Crippen molar-refractivity contribution in [2.45, 2.75) is 25.0 Å². The van der Waals surface area contributed by atoms with Crippen LogP contribution < -0.4 is 19.9 Å². The number of rotatable bonds is 9. The number of amides is 1. The van der Waals surface area contributed by atoms with E-state index in [1.807, 2.05) is 0 Å². The molecule has 3 aromatic carbocycles. The molecule has 0 bridgehead atoms. The minimum absolute atomic E-state index is 0.0455. The van der Waals surface area contributed by atoms with E-state index < -0.39 is 51.1 Å². The number of benzene rings is 3. The van der Waals surface area contributed by atoms with Gasteiger partial charge in [-0.15, -0.1) is 4.73 Å². The van der Waals surface area contributed by atoms with E-state index in [2.05, 4.69) is 26.2 Å². The first-order valence-corrected chi connectivity index (χ1v) is 14.9. The number of nitrogens with one attached hydrogen (secondary N) is 1. The van der Waals surface area contributed by atoms with E-state index in [0.29, 0.717) is 16.1 Å². The van der Waals surface area contributed by atoms with Gasteiger partial charge < -0.3 is 14.3 Å². The van der Waals surface area contributed by atoms with Crippen LogP contribution in [0.4, 0.5) is 8.78 Å². The third-order valence-corrected chi connectivity index (χ3v) is 7.95. The number of carbonyl (C=O) groups excluding carboxylic acids is 1. The highest BCUT2D eigenvalue weighted by Crippen LogP contribution is 2.31. The zero-order valence-electron chi connectivity index (χ0n) is 22.4. The lowest BCUT2D eigenvalue weighted by Crippen LogP contribution is -2.37. The molecular formula is C30H22BrF2N3O6S. The molecule has 220 valence electrons. The molecular weight excluding hydrogens is 648 g/mol. The molecule has 2 heterocycles. The summed E-state index contributed by atoms with van der Waals surface area (Å²) in [6, 6.07) is 18.8. The van der Waals surface area contributed by atoms with Crippen LogP contribution >= 0.6 is 15.9 Å². The molecule has 0 aliphatic rings. The maximum absolute atomic E-state index is 14.3. The number of carbonyl (C=O) groups is 1. The summed E-state index contributed by atoms with van der Waals surface area (Å²) in [6.07, 6.45) is 1.36. The molecule has 0 saturated heterocycles. The second-order valence-corrected chi connectivity index (χ2v) is 11.8. The van der Waals surface area contributed by atoms with Gasteiger partial charge in [-0.3, -0.25) is 9.59 Å². The zero-order chi connectivity index (χ0) is 30.7. The van der Waals surface area contributed by atoms with Gasteiger partial charge in [0.15, 0.2) is 17.0 Å². The standard InChI is InChI=1S/C30H22BrF2N3O6S/c1-18-7-11-23(12-8-18)43(39,40)42-27-24-13-21(31)16-34-28(24)36(41-17-19-5-3-2-4-6-19)30(38)26(27)29(37)35-15-20-9-10-22(32)14-25(20)33/h2-14,16H,15,17H2,1H3,(H,35,37). The second kappa shape index (κ2) is 12.3. The van der Waals surface area contributed by atoms with Crippen LogP contribution in [0.3, 0.4) is 0 Å². The van der Waals surface area contributed by atoms with E-state index in [-0.39, 0.29) is 28.1 Å². The molecule has 0 aliphatic carbocycles. The fourth-order valence-electron chi connectivity index (χ4n) is 4.10. The molecule has 43 heavy (non-hydrogen) atoms. The van der Waals surface area contributed by atoms with Gasteiger partial charge in [-0.05, 0) is 52.7 Å². The molecule has 1 amide bonds. The highest BCUT2D eigenvalue weighted by Gasteiger charge is 2.30. The fraction of sp³-hybridized carbons (Fsp3) is 0.100. The Hall–Kier alpha value is -4.62. The minimum Gasteiger partial charge on any atom is -0.404 e. The number of aryl methyl sites for hydroxylation is 1. The van der Waals surface area contributed by atoms with E-state index in [9.17, 15) is 26.8 Å². The van der Waals surface area contributed by atoms with Crippen molar-refractivity contribution >= 4 is 43.0 Å². The molecule has 5 aromatic rings. The first-order valence-electron chi connectivity index (χ1n) is 12.7. The van der Waals surface area contributed by atoms with Gasteiger partial charge in [0.1, 0.15) is 23.1 Å². The van der Waals surface area contributed by atoms with Crippen LogP contribution in [0.15, 0.2) is 99.2 Å². The maximum atomic E-state index is 14.3. The first kappa shape index (κ1) is 29.9. The van der Waals surface area contributed by atoms with Crippen LogP contribution in [-0.2, 0) is 23.3 Å². The predicted octanol–water partition coefficient (Wildman–Crippen LogP) is 5.07. The van der Waals surface area contributed by atoms with E-state index in [1.165, 1.54) is 24.4 Å². The summed E-state index contributed by atoms with van der Waals surface area (Å²) in [5.74, 6) is -3.43. The molecule has 5 rings (SSSR count). The van der Waals surface area contributed by atoms with Crippen molar-refractivity contribution < 1.29 is 31.0 Å². The average molecular weight is 670 g/mol. The summed E-state index contributed by atoms with van der Waals surface area (Å²) < 4.78 is 61.1. The van der Waals surface area contributed by atoms with Crippen LogP contribution in [0, 0.1) is 18.6 Å². The Morgan fingerprint density at radius 1 is 1.02 bits per heavy atom. The first-order chi connectivity index (χ1) is 20.5. The molecule has 0 radical (unpaired) electrons. The SMILES string of the molecule is Cc1ccc(S(=O)(=O)Oc2c(C(=O)NCc3ccc(F)cc3F)c(=O)n(OCc3ccccc3)c3ncc(Br)cc23)cc1. The summed E-state index contributed by atoms with van der Waals surface area (Å²) >= 11 is 3.29. The van der Waals surface area contributed by atoms with Crippen molar-refractivity contribution in [1.82, 2.24) is 15.0 Å². The smallest absolute Gasteiger partial charge is 0.339 e. The van der Waals surface area contributed by atoms with Crippen LogP contribution in [0.2, 0.25) is 0 Å². The number of halogens is 3. The van der Waals surface area contributed by atoms with Gasteiger partial charge in [-0.2, -0.15) is 8.42 Å². The highest BCUT2D eigenvalue weighted by molar-refractivity contribution is 9.10. The lowest BCUT2D eigenvalue weighted by atomic mass is 10.1. The summed E-state index contributed by atoms with van der Waals surface area (Å²) in [7, 11) is -4.57. The van der Waals surface area contributed by atoms with Crippen molar-refractivity contribution in [3.63, 3.8) is 0 Å². The van der Waals surface area contributed by atoms with Crippen molar-refractivity contribution in [3.8, 4) is 5.75 Å². The normalized spacial score (nSPS) is 11.3. The Labute approximate surface area is 252 Å². The Morgan fingerprint density at radius 3 is 2.44 bits per heavy atom. The molecule has 0 atom stereocenters. The molecule has 1 N–H and O–H groups in total. The number of fused-ring (bicyclic) bond motifs is 1. The lowest BCUT2D eigenvalue weighted by molar-refractivity contribution is 0.0893. The van der Waals surface area contributed by atoms with Gasteiger partial charge >= 0.3 is 15.7 Å². The van der Waals surface area contributed by atoms with Gasteiger partial charge in [-0.1, -0.05) is 54.1 Å². The number of pyridine rings is 2. The van der Waals surface area contributed by atoms with Gasteiger partial charge in [0, 0.05) is 28.8 Å². The largest absolute Gasteiger partial charge is 0.404 e. The zero-order valence-corrected chi connectivity index (χ0v) is 24.8. The van der Waals surface area contributed by atoms with Crippen molar-refractivity contribution in [3.05, 3.63) is 134 Å². The number of hydrogen-bond donors (Lipinski definition) is 1. The molecule has 0 aliphatic heterocycles. The predicted molar refractivity (Wildman–Crippen MR) is 157 cm³/mol. The van der Waals surface area contributed by atoms with Crippen LogP contribution in [0.5, 0.6) is 5.75 Å². The van der Waals surface area contributed by atoms with Crippen molar-refractivity contribution in [2.75, 3.05) is 0 Å². The van der Waals surface area contributed by atoms with Crippen LogP contribution in [0.1, 0.15) is 27.0 Å².